The second-order valence-corrected chi connectivity index (χ2v) is 5.94. The molecule has 0 fully saturated rings. The van der Waals surface area contributed by atoms with Gasteiger partial charge in [-0.05, 0) is 43.7 Å². The summed E-state index contributed by atoms with van der Waals surface area (Å²) >= 11 is 0. The van der Waals surface area contributed by atoms with Gasteiger partial charge < -0.3 is 14.5 Å². The van der Waals surface area contributed by atoms with Crippen LogP contribution in [0.4, 0.5) is 5.69 Å². The molecule has 0 radical (unpaired) electrons. The largest absolute Gasteiger partial charge is 0.489 e. The molecule has 2 aromatic carbocycles. The molecule has 0 aromatic heterocycles. The number of carbonyl (C=O) groups is 2. The highest BCUT2D eigenvalue weighted by atomic mass is 16.5. The summed E-state index contributed by atoms with van der Waals surface area (Å²) in [6.45, 7) is 7.12. The average molecular weight is 354 g/mol. The summed E-state index contributed by atoms with van der Waals surface area (Å²) in [5.74, 6) is 0.495. The van der Waals surface area contributed by atoms with Gasteiger partial charge in [0.15, 0.2) is 0 Å². The molecule has 0 spiro atoms. The van der Waals surface area contributed by atoms with Crippen LogP contribution in [0.2, 0.25) is 0 Å². The topological polar surface area (TPSA) is 49.9 Å². The average Bonchev–Trinajstić information content (AvgIpc) is 2.66. The predicted molar refractivity (Wildman–Crippen MR) is 103 cm³/mol. The lowest BCUT2D eigenvalue weighted by Crippen LogP contribution is -2.42. The Bertz CT molecular complexity index is 710. The molecular formula is C21H26N2O3. The smallest absolute Gasteiger partial charge is 0.242 e. The van der Waals surface area contributed by atoms with Crippen molar-refractivity contribution in [3.8, 4) is 5.75 Å². The van der Waals surface area contributed by atoms with Crippen molar-refractivity contribution in [2.75, 3.05) is 24.5 Å². The number of rotatable bonds is 8. The van der Waals surface area contributed by atoms with E-state index in [1.54, 1.807) is 17.0 Å². The van der Waals surface area contributed by atoms with Gasteiger partial charge in [-0.15, -0.1) is 0 Å². The predicted octanol–water partition coefficient (Wildman–Crippen LogP) is 3.49. The Morgan fingerprint density at radius 1 is 0.923 bits per heavy atom. The molecule has 2 amide bonds. The van der Waals surface area contributed by atoms with Gasteiger partial charge in [0.2, 0.25) is 11.8 Å². The van der Waals surface area contributed by atoms with Gasteiger partial charge in [0.25, 0.3) is 0 Å². The standard InChI is InChI=1S/C21H26N2O3/c1-4-22(5-2)21(25)15-23(17(3)24)19-11-13-20(14-12-19)26-16-18-9-7-6-8-10-18/h6-14H,4-5,15-16H2,1-3H3. The van der Waals surface area contributed by atoms with Crippen LogP contribution in [0.15, 0.2) is 54.6 Å². The molecule has 0 aliphatic carbocycles. The van der Waals surface area contributed by atoms with Gasteiger partial charge >= 0.3 is 0 Å². The zero-order chi connectivity index (χ0) is 18.9. The van der Waals surface area contributed by atoms with Crippen molar-refractivity contribution in [2.24, 2.45) is 0 Å². The van der Waals surface area contributed by atoms with E-state index in [9.17, 15) is 9.59 Å². The Labute approximate surface area is 155 Å². The first-order chi connectivity index (χ1) is 12.5. The highest BCUT2D eigenvalue weighted by Gasteiger charge is 2.18. The van der Waals surface area contributed by atoms with E-state index in [0.29, 0.717) is 25.4 Å². The molecule has 0 bridgehead atoms. The Morgan fingerprint density at radius 2 is 1.54 bits per heavy atom. The summed E-state index contributed by atoms with van der Waals surface area (Å²) in [4.78, 5) is 27.5. The van der Waals surface area contributed by atoms with E-state index in [4.69, 9.17) is 4.74 Å². The maximum Gasteiger partial charge on any atom is 0.242 e. The van der Waals surface area contributed by atoms with E-state index in [1.165, 1.54) is 11.8 Å². The number of hydrogen-bond acceptors (Lipinski definition) is 3. The molecule has 0 heterocycles. The fraction of sp³-hybridized carbons (Fsp3) is 0.333. The molecule has 0 N–H and O–H groups in total. The molecule has 2 aromatic rings. The van der Waals surface area contributed by atoms with Crippen LogP contribution in [0.1, 0.15) is 26.3 Å². The summed E-state index contributed by atoms with van der Waals surface area (Å²) in [6, 6.07) is 17.2. The number of anilines is 1. The molecule has 0 aliphatic heterocycles. The van der Waals surface area contributed by atoms with Gasteiger partial charge in [-0.3, -0.25) is 9.59 Å². The first-order valence-corrected chi connectivity index (χ1v) is 8.87. The maximum absolute atomic E-state index is 12.3. The minimum absolute atomic E-state index is 0.0429. The second kappa shape index (κ2) is 9.61. The minimum Gasteiger partial charge on any atom is -0.489 e. The van der Waals surface area contributed by atoms with Gasteiger partial charge in [0.05, 0.1) is 0 Å². The zero-order valence-corrected chi connectivity index (χ0v) is 15.6. The van der Waals surface area contributed by atoms with Gasteiger partial charge in [0, 0.05) is 25.7 Å². The van der Waals surface area contributed by atoms with Crippen LogP contribution in [0.25, 0.3) is 0 Å². The highest BCUT2D eigenvalue weighted by Crippen LogP contribution is 2.21. The third-order valence-corrected chi connectivity index (χ3v) is 4.19. The van der Waals surface area contributed by atoms with Crippen LogP contribution < -0.4 is 9.64 Å². The van der Waals surface area contributed by atoms with E-state index in [1.807, 2.05) is 56.3 Å². The molecule has 5 nitrogen and oxygen atoms in total. The molecule has 0 saturated carbocycles. The summed E-state index contributed by atoms with van der Waals surface area (Å²) in [5, 5.41) is 0. The number of hydrogen-bond donors (Lipinski definition) is 0. The number of benzene rings is 2. The summed E-state index contributed by atoms with van der Waals surface area (Å²) in [5.41, 5.74) is 1.77. The zero-order valence-electron chi connectivity index (χ0n) is 15.6. The van der Waals surface area contributed by atoms with Gasteiger partial charge in [-0.25, -0.2) is 0 Å². The van der Waals surface area contributed by atoms with E-state index in [2.05, 4.69) is 0 Å². The van der Waals surface area contributed by atoms with Gasteiger partial charge in [-0.2, -0.15) is 0 Å². The van der Waals surface area contributed by atoms with E-state index in [0.717, 1.165) is 11.3 Å². The van der Waals surface area contributed by atoms with Crippen molar-refractivity contribution in [3.05, 3.63) is 60.2 Å². The molecule has 5 heteroatoms. The SMILES string of the molecule is CCN(CC)C(=O)CN(C(C)=O)c1ccc(OCc2ccccc2)cc1. The van der Waals surface area contributed by atoms with Crippen LogP contribution >= 0.6 is 0 Å². The Morgan fingerprint density at radius 3 is 2.08 bits per heavy atom. The van der Waals surface area contributed by atoms with Crippen molar-refractivity contribution in [1.29, 1.82) is 0 Å². The van der Waals surface area contributed by atoms with Crippen LogP contribution in [-0.2, 0) is 16.2 Å². The fourth-order valence-corrected chi connectivity index (χ4v) is 2.66. The molecule has 0 aliphatic rings. The van der Waals surface area contributed by atoms with Crippen molar-refractivity contribution in [2.45, 2.75) is 27.4 Å². The van der Waals surface area contributed by atoms with E-state index >= 15 is 0 Å². The lowest BCUT2D eigenvalue weighted by atomic mass is 10.2. The fourth-order valence-electron chi connectivity index (χ4n) is 2.66. The monoisotopic (exact) mass is 354 g/mol. The second-order valence-electron chi connectivity index (χ2n) is 5.94. The Balaban J connectivity index is 2.03. The van der Waals surface area contributed by atoms with Crippen LogP contribution in [0.5, 0.6) is 5.75 Å². The molecule has 26 heavy (non-hydrogen) atoms. The lowest BCUT2D eigenvalue weighted by Gasteiger charge is -2.25. The molecular weight excluding hydrogens is 328 g/mol. The maximum atomic E-state index is 12.3. The molecule has 0 unspecified atom stereocenters. The lowest BCUT2D eigenvalue weighted by molar-refractivity contribution is -0.130. The molecule has 0 atom stereocenters. The quantitative estimate of drug-likeness (QED) is 0.729. The number of carbonyl (C=O) groups excluding carboxylic acids is 2. The summed E-state index contributed by atoms with van der Waals surface area (Å²) < 4.78 is 5.76. The molecule has 138 valence electrons. The van der Waals surface area contributed by atoms with Crippen LogP contribution in [0, 0.1) is 0 Å². The number of likely N-dealkylation sites (N-methyl/N-ethyl adjacent to an activating group) is 1. The first kappa shape index (κ1) is 19.5. The number of amides is 2. The highest BCUT2D eigenvalue weighted by molar-refractivity contribution is 5.97. The third-order valence-electron chi connectivity index (χ3n) is 4.19. The van der Waals surface area contributed by atoms with Crippen molar-refractivity contribution < 1.29 is 14.3 Å². The number of ether oxygens (including phenoxy) is 1. The van der Waals surface area contributed by atoms with Crippen molar-refractivity contribution >= 4 is 17.5 Å². The van der Waals surface area contributed by atoms with Crippen molar-refractivity contribution in [3.63, 3.8) is 0 Å². The Hall–Kier alpha value is -2.82. The number of nitrogens with zero attached hydrogens (tertiary/aromatic N) is 2. The van der Waals surface area contributed by atoms with Crippen LogP contribution in [-0.4, -0.2) is 36.3 Å². The van der Waals surface area contributed by atoms with Crippen LogP contribution in [0.3, 0.4) is 0 Å². The van der Waals surface area contributed by atoms with Gasteiger partial charge in [0.1, 0.15) is 18.9 Å². The molecule has 0 saturated heterocycles. The van der Waals surface area contributed by atoms with Gasteiger partial charge in [-0.1, -0.05) is 30.3 Å². The normalized spacial score (nSPS) is 10.3. The summed E-state index contributed by atoms with van der Waals surface area (Å²) in [7, 11) is 0. The van der Waals surface area contributed by atoms with Crippen molar-refractivity contribution in [1.82, 2.24) is 4.90 Å². The first-order valence-electron chi connectivity index (χ1n) is 8.87. The summed E-state index contributed by atoms with van der Waals surface area (Å²) in [6.07, 6.45) is 0. The minimum atomic E-state index is -0.163. The van der Waals surface area contributed by atoms with E-state index < -0.39 is 0 Å². The third kappa shape index (κ3) is 5.34. The Kier molecular flexibility index (Phi) is 7.21. The van der Waals surface area contributed by atoms with E-state index in [-0.39, 0.29) is 18.4 Å². The molecule has 2 rings (SSSR count).